The van der Waals surface area contributed by atoms with Gasteiger partial charge >= 0.3 is 5.97 Å². The fourth-order valence-corrected chi connectivity index (χ4v) is 2.13. The first-order chi connectivity index (χ1) is 9.15. The average molecular weight is 263 g/mol. The molecule has 1 aromatic heterocycles. The molecule has 6 heteroatoms. The van der Waals surface area contributed by atoms with Crippen molar-refractivity contribution in [1.29, 1.82) is 0 Å². The van der Waals surface area contributed by atoms with E-state index < -0.39 is 5.97 Å². The first-order valence-corrected chi connectivity index (χ1v) is 6.27. The molecule has 102 valence electrons. The third-order valence-corrected chi connectivity index (χ3v) is 3.16. The molecule has 1 aliphatic heterocycles. The van der Waals surface area contributed by atoms with Gasteiger partial charge in [0.25, 0.3) is 0 Å². The minimum atomic E-state index is -0.806. The Morgan fingerprint density at radius 3 is 2.89 bits per heavy atom. The van der Waals surface area contributed by atoms with Gasteiger partial charge in [0.2, 0.25) is 5.91 Å². The molecule has 2 rings (SSSR count). The highest BCUT2D eigenvalue weighted by molar-refractivity contribution is 5.79. The fraction of sp³-hybridized carbons (Fsp3) is 0.462. The number of carboxylic acid groups (broad SMARTS) is 1. The van der Waals surface area contributed by atoms with E-state index in [2.05, 4.69) is 10.3 Å². The molecule has 1 amide bonds. The van der Waals surface area contributed by atoms with Crippen LogP contribution in [0.3, 0.4) is 0 Å². The molecule has 1 saturated heterocycles. The molecule has 1 atom stereocenters. The number of piperazine rings is 1. The Hall–Kier alpha value is -1.95. The van der Waals surface area contributed by atoms with Crippen LogP contribution in [-0.2, 0) is 16.1 Å². The molecular weight excluding hydrogens is 246 g/mol. The molecule has 0 aliphatic carbocycles. The second-order valence-electron chi connectivity index (χ2n) is 4.64. The summed E-state index contributed by atoms with van der Waals surface area (Å²) in [7, 11) is 0. The lowest BCUT2D eigenvalue weighted by molar-refractivity contribution is -0.137. The lowest BCUT2D eigenvalue weighted by Crippen LogP contribution is -2.53. The van der Waals surface area contributed by atoms with Crippen molar-refractivity contribution in [2.75, 3.05) is 13.1 Å². The fourth-order valence-electron chi connectivity index (χ4n) is 2.13. The van der Waals surface area contributed by atoms with Crippen molar-refractivity contribution < 1.29 is 14.7 Å². The van der Waals surface area contributed by atoms with E-state index in [-0.39, 0.29) is 24.9 Å². The number of nitrogens with one attached hydrogen (secondary N) is 1. The first kappa shape index (κ1) is 13.5. The lowest BCUT2D eigenvalue weighted by Gasteiger charge is -2.33. The lowest BCUT2D eigenvalue weighted by atomic mass is 10.1. The third-order valence-electron chi connectivity index (χ3n) is 3.16. The summed E-state index contributed by atoms with van der Waals surface area (Å²) >= 11 is 0. The summed E-state index contributed by atoms with van der Waals surface area (Å²) in [6.45, 7) is 1.37. The number of aliphatic carboxylic acids is 1. The highest BCUT2D eigenvalue weighted by Crippen LogP contribution is 2.10. The first-order valence-electron chi connectivity index (χ1n) is 6.27. The van der Waals surface area contributed by atoms with E-state index in [9.17, 15) is 9.59 Å². The monoisotopic (exact) mass is 263 g/mol. The molecule has 19 heavy (non-hydrogen) atoms. The molecule has 0 aromatic carbocycles. The van der Waals surface area contributed by atoms with E-state index >= 15 is 0 Å². The van der Waals surface area contributed by atoms with Gasteiger partial charge in [0, 0.05) is 37.9 Å². The van der Waals surface area contributed by atoms with Crippen LogP contribution in [-0.4, -0.2) is 46.0 Å². The van der Waals surface area contributed by atoms with Crippen LogP contribution in [0.2, 0.25) is 0 Å². The van der Waals surface area contributed by atoms with Crippen molar-refractivity contribution in [2.45, 2.75) is 25.4 Å². The van der Waals surface area contributed by atoms with Gasteiger partial charge in [-0.2, -0.15) is 0 Å². The van der Waals surface area contributed by atoms with E-state index in [0.717, 1.165) is 5.56 Å². The van der Waals surface area contributed by atoms with E-state index in [4.69, 9.17) is 5.11 Å². The van der Waals surface area contributed by atoms with Gasteiger partial charge in [0.1, 0.15) is 0 Å². The van der Waals surface area contributed by atoms with Crippen LogP contribution in [0.4, 0.5) is 0 Å². The molecule has 2 N–H and O–H groups in total. The van der Waals surface area contributed by atoms with Crippen LogP contribution in [0.15, 0.2) is 24.5 Å². The summed E-state index contributed by atoms with van der Waals surface area (Å²) in [6.07, 6.45) is 4.05. The quantitative estimate of drug-likeness (QED) is 0.795. The van der Waals surface area contributed by atoms with Gasteiger partial charge in [-0.25, -0.2) is 0 Å². The van der Waals surface area contributed by atoms with Gasteiger partial charge < -0.3 is 15.3 Å². The molecule has 1 unspecified atom stereocenters. The molecule has 6 nitrogen and oxygen atoms in total. The van der Waals surface area contributed by atoms with Crippen molar-refractivity contribution in [2.24, 2.45) is 0 Å². The maximum atomic E-state index is 11.8. The van der Waals surface area contributed by atoms with Gasteiger partial charge in [0.15, 0.2) is 0 Å². The highest BCUT2D eigenvalue weighted by atomic mass is 16.4. The molecule has 1 fully saturated rings. The van der Waals surface area contributed by atoms with Gasteiger partial charge in [-0.15, -0.1) is 0 Å². The van der Waals surface area contributed by atoms with Crippen LogP contribution in [0, 0.1) is 0 Å². The number of nitrogens with zero attached hydrogens (tertiary/aromatic N) is 2. The zero-order chi connectivity index (χ0) is 13.7. The number of carbonyl (C=O) groups is 2. The predicted octanol–water partition coefficient (Wildman–Crippen LogP) is 0.247. The average Bonchev–Trinajstić information content (AvgIpc) is 2.41. The summed E-state index contributed by atoms with van der Waals surface area (Å²) < 4.78 is 0. The number of hydrogen-bond donors (Lipinski definition) is 2. The van der Waals surface area contributed by atoms with E-state index in [0.29, 0.717) is 19.5 Å². The Bertz CT molecular complexity index is 450. The van der Waals surface area contributed by atoms with Gasteiger partial charge in [-0.3, -0.25) is 14.6 Å². The van der Waals surface area contributed by atoms with Crippen LogP contribution in [0.5, 0.6) is 0 Å². The summed E-state index contributed by atoms with van der Waals surface area (Å²) in [5.41, 5.74) is 1.03. The highest BCUT2D eigenvalue weighted by Gasteiger charge is 2.25. The van der Waals surface area contributed by atoms with Gasteiger partial charge in [-0.05, 0) is 24.1 Å². The topological polar surface area (TPSA) is 82.5 Å². The Morgan fingerprint density at radius 1 is 1.47 bits per heavy atom. The van der Waals surface area contributed by atoms with Crippen molar-refractivity contribution in [1.82, 2.24) is 15.2 Å². The molecule has 0 radical (unpaired) electrons. The van der Waals surface area contributed by atoms with Crippen LogP contribution in [0.1, 0.15) is 18.4 Å². The van der Waals surface area contributed by atoms with Crippen molar-refractivity contribution in [3.63, 3.8) is 0 Å². The maximum absolute atomic E-state index is 11.8. The number of rotatable bonds is 5. The normalized spacial score (nSPS) is 19.5. The molecule has 1 aromatic rings. The molecule has 1 aliphatic rings. The molecule has 0 spiro atoms. The molecule has 2 heterocycles. The second kappa shape index (κ2) is 6.29. The number of carboxylic acids is 1. The largest absolute Gasteiger partial charge is 0.481 e. The number of amides is 1. The number of pyridine rings is 1. The van der Waals surface area contributed by atoms with Gasteiger partial charge in [0.05, 0.1) is 6.54 Å². The van der Waals surface area contributed by atoms with Gasteiger partial charge in [-0.1, -0.05) is 0 Å². The summed E-state index contributed by atoms with van der Waals surface area (Å²) in [6, 6.07) is 3.80. The molecule has 0 saturated carbocycles. The minimum absolute atomic E-state index is 0.0448. The molecule has 0 bridgehead atoms. The SMILES string of the molecule is O=C(O)CCC1CN(Cc2ccncc2)C(=O)CN1. The summed E-state index contributed by atoms with van der Waals surface area (Å²) in [5.74, 6) is -0.761. The van der Waals surface area contributed by atoms with Crippen molar-refractivity contribution in [3.8, 4) is 0 Å². The van der Waals surface area contributed by atoms with Crippen molar-refractivity contribution in [3.05, 3.63) is 30.1 Å². The van der Waals surface area contributed by atoms with Crippen molar-refractivity contribution >= 4 is 11.9 Å². The van der Waals surface area contributed by atoms with E-state index in [1.165, 1.54) is 0 Å². The predicted molar refractivity (Wildman–Crippen MR) is 68.3 cm³/mol. The van der Waals surface area contributed by atoms with Crippen LogP contribution < -0.4 is 5.32 Å². The zero-order valence-corrected chi connectivity index (χ0v) is 10.6. The van der Waals surface area contributed by atoms with Crippen LogP contribution in [0.25, 0.3) is 0 Å². The summed E-state index contributed by atoms with van der Waals surface area (Å²) in [5, 5.41) is 11.8. The smallest absolute Gasteiger partial charge is 0.303 e. The maximum Gasteiger partial charge on any atom is 0.303 e. The zero-order valence-electron chi connectivity index (χ0n) is 10.6. The number of aromatic nitrogens is 1. The van der Waals surface area contributed by atoms with E-state index in [1.54, 1.807) is 17.3 Å². The Balaban J connectivity index is 1.91. The standard InChI is InChI=1S/C13H17N3O3/c17-12-7-15-11(1-2-13(18)19)9-16(12)8-10-3-5-14-6-4-10/h3-6,11,15H,1-2,7-9H2,(H,18,19). The van der Waals surface area contributed by atoms with E-state index in [1.807, 2.05) is 12.1 Å². The Morgan fingerprint density at radius 2 is 2.21 bits per heavy atom. The Labute approximate surface area is 111 Å². The Kier molecular flexibility index (Phi) is 4.46. The second-order valence-corrected chi connectivity index (χ2v) is 4.64. The minimum Gasteiger partial charge on any atom is -0.481 e. The van der Waals surface area contributed by atoms with Crippen LogP contribution >= 0.6 is 0 Å². The molecular formula is C13H17N3O3. The third kappa shape index (κ3) is 4.03. The summed E-state index contributed by atoms with van der Waals surface area (Å²) in [4.78, 5) is 28.1. The number of hydrogen-bond acceptors (Lipinski definition) is 4. The number of carbonyl (C=O) groups excluding carboxylic acids is 1.